The Bertz CT molecular complexity index is 526. The highest BCUT2D eigenvalue weighted by Crippen LogP contribution is 2.36. The molecule has 0 aliphatic carbocycles. The van der Waals surface area contributed by atoms with Crippen molar-refractivity contribution in [2.75, 3.05) is 0 Å². The summed E-state index contributed by atoms with van der Waals surface area (Å²) in [6.07, 6.45) is -0.417. The van der Waals surface area contributed by atoms with Crippen LogP contribution in [0.5, 0.6) is 11.5 Å². The number of benzene rings is 1. The fraction of sp³-hybridized carbons (Fsp3) is 0.100. The number of para-hydroxylation sites is 1. The molecule has 15 heavy (non-hydrogen) atoms. The van der Waals surface area contributed by atoms with Crippen LogP contribution in [0.2, 0.25) is 0 Å². The summed E-state index contributed by atoms with van der Waals surface area (Å²) in [6.45, 7) is 0. The lowest BCUT2D eigenvalue weighted by Crippen LogP contribution is -1.98. The minimum Gasteiger partial charge on any atom is -0.504 e. The van der Waals surface area contributed by atoms with Crippen LogP contribution in [0, 0.1) is 0 Å². The zero-order valence-corrected chi connectivity index (χ0v) is 7.60. The fourth-order valence-electron chi connectivity index (χ4n) is 1.40. The van der Waals surface area contributed by atoms with Crippen molar-refractivity contribution in [2.45, 2.75) is 6.42 Å². The Hall–Kier alpha value is -2.17. The summed E-state index contributed by atoms with van der Waals surface area (Å²) in [5, 5.41) is 27.8. The molecule has 0 amide bonds. The van der Waals surface area contributed by atoms with Gasteiger partial charge in [-0.1, -0.05) is 6.07 Å². The zero-order valence-electron chi connectivity index (χ0n) is 7.60. The van der Waals surface area contributed by atoms with Crippen LogP contribution in [-0.4, -0.2) is 21.3 Å². The van der Waals surface area contributed by atoms with Crippen LogP contribution in [-0.2, 0) is 11.2 Å². The number of aromatic hydroxyl groups is 2. The smallest absolute Gasteiger partial charge is 0.311 e. The average Bonchev–Trinajstić information content (AvgIpc) is 2.46. The second kappa shape index (κ2) is 3.20. The van der Waals surface area contributed by atoms with Gasteiger partial charge in [0, 0.05) is 0 Å². The summed E-state index contributed by atoms with van der Waals surface area (Å²) in [5.41, 5.74) is 0.103. The van der Waals surface area contributed by atoms with E-state index in [0.29, 0.717) is 5.39 Å². The Morgan fingerprint density at radius 1 is 1.33 bits per heavy atom. The first-order valence-corrected chi connectivity index (χ1v) is 4.23. The van der Waals surface area contributed by atoms with Crippen LogP contribution in [0.15, 0.2) is 22.6 Å². The molecule has 5 nitrogen and oxygen atoms in total. The maximum atomic E-state index is 10.4. The molecule has 0 saturated heterocycles. The average molecular weight is 208 g/mol. The van der Waals surface area contributed by atoms with E-state index in [4.69, 9.17) is 9.52 Å². The van der Waals surface area contributed by atoms with Crippen molar-refractivity contribution in [3.8, 4) is 11.5 Å². The van der Waals surface area contributed by atoms with E-state index in [1.54, 1.807) is 6.07 Å². The van der Waals surface area contributed by atoms with Gasteiger partial charge in [0.2, 0.25) is 0 Å². The van der Waals surface area contributed by atoms with Crippen molar-refractivity contribution in [3.05, 3.63) is 24.0 Å². The number of phenolic OH excluding ortho intramolecular Hbond substituents is 1. The second-order valence-corrected chi connectivity index (χ2v) is 3.10. The molecular formula is C10H8O5. The molecule has 0 bridgehead atoms. The Morgan fingerprint density at radius 3 is 2.67 bits per heavy atom. The van der Waals surface area contributed by atoms with Crippen LogP contribution in [0.1, 0.15) is 5.76 Å². The molecule has 0 aliphatic rings. The predicted octanol–water partition coefficient (Wildman–Crippen LogP) is 1.47. The summed E-state index contributed by atoms with van der Waals surface area (Å²) in [6, 6.07) is 4.48. The van der Waals surface area contributed by atoms with Crippen molar-refractivity contribution in [1.29, 1.82) is 0 Å². The number of hydrogen-bond donors (Lipinski definition) is 3. The molecule has 0 spiro atoms. The molecule has 1 aromatic heterocycles. The Balaban J connectivity index is 2.64. The standard InChI is InChI=1S/C10H8O5/c11-6-3-1-2-5-9(14)7(4-8(12)13)15-10(5)6/h1-3,11,14H,4H2,(H,12,13). The number of furan rings is 1. The van der Waals surface area contributed by atoms with Crippen molar-refractivity contribution in [1.82, 2.24) is 0 Å². The van der Waals surface area contributed by atoms with Crippen molar-refractivity contribution >= 4 is 16.9 Å². The molecule has 2 rings (SSSR count). The van der Waals surface area contributed by atoms with Gasteiger partial charge in [-0.25, -0.2) is 0 Å². The minimum absolute atomic E-state index is 0.0565. The fourth-order valence-corrected chi connectivity index (χ4v) is 1.40. The number of carbonyl (C=O) groups is 1. The van der Waals surface area contributed by atoms with Gasteiger partial charge in [-0.2, -0.15) is 0 Å². The SMILES string of the molecule is O=C(O)Cc1oc2c(O)cccc2c1O. The topological polar surface area (TPSA) is 90.9 Å². The molecule has 0 unspecified atom stereocenters. The van der Waals surface area contributed by atoms with Gasteiger partial charge in [-0.3, -0.25) is 4.79 Å². The van der Waals surface area contributed by atoms with E-state index in [0.717, 1.165) is 0 Å². The first-order valence-electron chi connectivity index (χ1n) is 4.23. The lowest BCUT2D eigenvalue weighted by Gasteiger charge is -1.90. The molecule has 0 atom stereocenters. The number of hydrogen-bond acceptors (Lipinski definition) is 4. The van der Waals surface area contributed by atoms with Crippen molar-refractivity contribution in [3.63, 3.8) is 0 Å². The highest BCUT2D eigenvalue weighted by molar-refractivity contribution is 5.90. The van der Waals surface area contributed by atoms with Crippen molar-refractivity contribution in [2.24, 2.45) is 0 Å². The molecule has 0 saturated carbocycles. The lowest BCUT2D eigenvalue weighted by atomic mass is 10.2. The van der Waals surface area contributed by atoms with Gasteiger partial charge < -0.3 is 19.7 Å². The number of rotatable bonds is 2. The van der Waals surface area contributed by atoms with E-state index in [-0.39, 0.29) is 22.8 Å². The molecule has 2 aromatic rings. The summed E-state index contributed by atoms with van der Waals surface area (Å²) in [5.74, 6) is -1.52. The van der Waals surface area contributed by atoms with Gasteiger partial charge in [0.15, 0.2) is 22.8 Å². The third-order valence-corrected chi connectivity index (χ3v) is 2.05. The van der Waals surface area contributed by atoms with Crippen LogP contribution in [0.3, 0.4) is 0 Å². The normalized spacial score (nSPS) is 10.7. The van der Waals surface area contributed by atoms with E-state index >= 15 is 0 Å². The monoisotopic (exact) mass is 208 g/mol. The highest BCUT2D eigenvalue weighted by Gasteiger charge is 2.17. The van der Waals surface area contributed by atoms with E-state index in [1.807, 2.05) is 0 Å². The summed E-state index contributed by atoms with van der Waals surface area (Å²) < 4.78 is 5.06. The summed E-state index contributed by atoms with van der Waals surface area (Å²) in [7, 11) is 0. The third kappa shape index (κ3) is 1.48. The maximum absolute atomic E-state index is 10.4. The molecule has 0 radical (unpaired) electrons. The zero-order chi connectivity index (χ0) is 11.0. The number of carboxylic acid groups (broad SMARTS) is 1. The number of phenols is 1. The van der Waals surface area contributed by atoms with E-state index < -0.39 is 12.4 Å². The molecule has 1 heterocycles. The second-order valence-electron chi connectivity index (χ2n) is 3.10. The van der Waals surface area contributed by atoms with Crippen LogP contribution >= 0.6 is 0 Å². The molecule has 78 valence electrons. The quantitative estimate of drug-likeness (QED) is 0.695. The third-order valence-electron chi connectivity index (χ3n) is 2.05. The van der Waals surface area contributed by atoms with Crippen molar-refractivity contribution < 1.29 is 24.5 Å². The van der Waals surface area contributed by atoms with Gasteiger partial charge in [-0.05, 0) is 12.1 Å². The Kier molecular flexibility index (Phi) is 2.00. The minimum atomic E-state index is -1.11. The van der Waals surface area contributed by atoms with Gasteiger partial charge in [0.1, 0.15) is 6.42 Å². The first-order chi connectivity index (χ1) is 7.09. The summed E-state index contributed by atoms with van der Waals surface area (Å²) >= 11 is 0. The molecular weight excluding hydrogens is 200 g/mol. The first kappa shape index (κ1) is 9.39. The van der Waals surface area contributed by atoms with Crippen LogP contribution in [0.25, 0.3) is 11.0 Å². The molecule has 3 N–H and O–H groups in total. The highest BCUT2D eigenvalue weighted by atomic mass is 16.4. The largest absolute Gasteiger partial charge is 0.504 e. The predicted molar refractivity (Wildman–Crippen MR) is 50.9 cm³/mol. The van der Waals surface area contributed by atoms with E-state index in [1.165, 1.54) is 12.1 Å². The molecule has 5 heteroatoms. The van der Waals surface area contributed by atoms with Crippen LogP contribution < -0.4 is 0 Å². The maximum Gasteiger partial charge on any atom is 0.311 e. The van der Waals surface area contributed by atoms with Gasteiger partial charge in [0.05, 0.1) is 5.39 Å². The van der Waals surface area contributed by atoms with Gasteiger partial charge in [0.25, 0.3) is 0 Å². The number of aliphatic carboxylic acids is 1. The molecule has 0 aliphatic heterocycles. The van der Waals surface area contributed by atoms with E-state index in [2.05, 4.69) is 0 Å². The molecule has 0 fully saturated rings. The Labute approximate surface area is 84.2 Å². The van der Waals surface area contributed by atoms with Gasteiger partial charge >= 0.3 is 5.97 Å². The summed E-state index contributed by atoms with van der Waals surface area (Å²) in [4.78, 5) is 10.4. The van der Waals surface area contributed by atoms with Crippen LogP contribution in [0.4, 0.5) is 0 Å². The Morgan fingerprint density at radius 2 is 2.07 bits per heavy atom. The number of carboxylic acids is 1. The molecule has 1 aromatic carbocycles. The lowest BCUT2D eigenvalue weighted by molar-refractivity contribution is -0.136. The van der Waals surface area contributed by atoms with Gasteiger partial charge in [-0.15, -0.1) is 0 Å². The van der Waals surface area contributed by atoms with E-state index in [9.17, 15) is 15.0 Å². The number of fused-ring (bicyclic) bond motifs is 1.